The Morgan fingerprint density at radius 3 is 2.38 bits per heavy atom. The molecule has 3 nitrogen and oxygen atoms in total. The van der Waals surface area contributed by atoms with Gasteiger partial charge in [0.25, 0.3) is 0 Å². The van der Waals surface area contributed by atoms with E-state index in [9.17, 15) is 4.79 Å². The number of hydrogen-bond acceptors (Lipinski definition) is 2. The van der Waals surface area contributed by atoms with Crippen molar-refractivity contribution in [1.29, 1.82) is 0 Å². The number of hydrogen-bond donors (Lipinski definition) is 0. The highest BCUT2D eigenvalue weighted by Gasteiger charge is 2.46. The number of piperidine rings is 1. The molecule has 2 unspecified atom stereocenters. The number of rotatable bonds is 2. The van der Waals surface area contributed by atoms with Crippen LogP contribution in [0.15, 0.2) is 18.2 Å². The van der Waals surface area contributed by atoms with Gasteiger partial charge in [-0.25, -0.2) is 0 Å². The second-order valence-electron chi connectivity index (χ2n) is 7.47. The predicted molar refractivity (Wildman–Crippen MR) is 97.7 cm³/mol. The van der Waals surface area contributed by atoms with E-state index in [1.165, 1.54) is 6.42 Å². The Bertz CT molecular complexity index is 603. The van der Waals surface area contributed by atoms with Crippen LogP contribution in [0, 0.1) is 11.8 Å². The van der Waals surface area contributed by atoms with E-state index in [4.69, 9.17) is 27.9 Å². The minimum absolute atomic E-state index is 0.202. The van der Waals surface area contributed by atoms with E-state index in [2.05, 4.69) is 18.7 Å². The topological polar surface area (TPSA) is 29.5 Å². The monoisotopic (exact) mass is 369 g/mol. The van der Waals surface area contributed by atoms with Gasteiger partial charge in [0, 0.05) is 36.3 Å². The quantitative estimate of drug-likeness (QED) is 0.765. The lowest BCUT2D eigenvalue weighted by molar-refractivity contribution is -0.144. The first-order valence-corrected chi connectivity index (χ1v) is 9.50. The second kappa shape index (κ2) is 7.23. The Morgan fingerprint density at radius 2 is 1.79 bits per heavy atom. The number of ether oxygens (including phenoxy) is 1. The Balaban J connectivity index is 1.97. The molecule has 0 saturated carbocycles. The highest BCUT2D eigenvalue weighted by Crippen LogP contribution is 2.42. The summed E-state index contributed by atoms with van der Waals surface area (Å²) in [6.45, 7) is 7.28. The fourth-order valence-corrected chi connectivity index (χ4v) is 4.92. The molecule has 1 aromatic rings. The first kappa shape index (κ1) is 18.0. The fraction of sp³-hybridized carbons (Fsp3) is 0.632. The number of carbonyl (C=O) groups is 1. The number of nitrogens with zero attached hydrogens (tertiary/aromatic N) is 1. The van der Waals surface area contributed by atoms with Crippen molar-refractivity contribution < 1.29 is 9.53 Å². The summed E-state index contributed by atoms with van der Waals surface area (Å²) in [7, 11) is 0. The van der Waals surface area contributed by atoms with Crippen LogP contribution >= 0.6 is 23.2 Å². The maximum absolute atomic E-state index is 13.6. The molecule has 0 bridgehead atoms. The van der Waals surface area contributed by atoms with Gasteiger partial charge in [-0.1, -0.05) is 43.1 Å². The first-order valence-electron chi connectivity index (χ1n) is 8.75. The summed E-state index contributed by atoms with van der Waals surface area (Å²) in [5.41, 5.74) is 0.309. The molecule has 3 rings (SSSR count). The maximum Gasteiger partial charge on any atom is 0.233 e. The van der Waals surface area contributed by atoms with Crippen molar-refractivity contribution in [2.45, 2.75) is 38.5 Å². The van der Waals surface area contributed by atoms with Gasteiger partial charge in [0.2, 0.25) is 5.91 Å². The molecule has 2 heterocycles. The van der Waals surface area contributed by atoms with E-state index >= 15 is 0 Å². The van der Waals surface area contributed by atoms with Crippen LogP contribution in [0.25, 0.3) is 0 Å². The van der Waals surface area contributed by atoms with Crippen LogP contribution in [0.3, 0.4) is 0 Å². The average Bonchev–Trinajstić information content (AvgIpc) is 2.54. The molecule has 0 spiro atoms. The molecule has 0 radical (unpaired) electrons. The summed E-state index contributed by atoms with van der Waals surface area (Å²) < 4.78 is 5.55. The van der Waals surface area contributed by atoms with E-state index in [1.54, 1.807) is 6.07 Å². The normalized spacial score (nSPS) is 27.1. The summed E-state index contributed by atoms with van der Waals surface area (Å²) in [6.07, 6.45) is 2.53. The highest BCUT2D eigenvalue weighted by molar-refractivity contribution is 6.35. The number of carbonyl (C=O) groups excluding carboxylic acids is 1. The highest BCUT2D eigenvalue weighted by atomic mass is 35.5. The number of benzene rings is 1. The third-order valence-corrected chi connectivity index (χ3v) is 5.91. The Kier molecular flexibility index (Phi) is 5.43. The van der Waals surface area contributed by atoms with Gasteiger partial charge in [-0.05, 0) is 48.8 Å². The van der Waals surface area contributed by atoms with E-state index in [-0.39, 0.29) is 5.91 Å². The van der Waals surface area contributed by atoms with E-state index in [1.807, 2.05) is 12.1 Å². The van der Waals surface area contributed by atoms with Crippen molar-refractivity contribution in [2.24, 2.45) is 11.8 Å². The van der Waals surface area contributed by atoms with Crippen molar-refractivity contribution in [1.82, 2.24) is 4.90 Å². The molecule has 2 fully saturated rings. The van der Waals surface area contributed by atoms with Crippen molar-refractivity contribution in [3.63, 3.8) is 0 Å². The molecular weight excluding hydrogens is 345 g/mol. The van der Waals surface area contributed by atoms with E-state index in [0.29, 0.717) is 47.9 Å². The van der Waals surface area contributed by atoms with Crippen molar-refractivity contribution in [3.05, 3.63) is 33.8 Å². The molecular formula is C19H25Cl2NO2. The van der Waals surface area contributed by atoms with Crippen LogP contribution in [0.2, 0.25) is 10.0 Å². The lowest BCUT2D eigenvalue weighted by Gasteiger charge is -2.44. The van der Waals surface area contributed by atoms with Crippen LogP contribution in [0.1, 0.15) is 38.7 Å². The Labute approximate surface area is 154 Å². The zero-order chi connectivity index (χ0) is 17.3. The molecule has 0 aromatic heterocycles. The van der Waals surface area contributed by atoms with Crippen LogP contribution in [0.4, 0.5) is 0 Å². The van der Waals surface area contributed by atoms with Gasteiger partial charge in [-0.15, -0.1) is 0 Å². The summed E-state index contributed by atoms with van der Waals surface area (Å²) in [4.78, 5) is 15.6. The summed E-state index contributed by atoms with van der Waals surface area (Å²) in [5.74, 6) is 1.28. The molecule has 2 saturated heterocycles. The third-order valence-electron chi connectivity index (χ3n) is 5.36. The molecule has 2 atom stereocenters. The smallest absolute Gasteiger partial charge is 0.233 e. The molecule has 1 amide bonds. The molecule has 132 valence electrons. The van der Waals surface area contributed by atoms with Gasteiger partial charge in [-0.3, -0.25) is 4.79 Å². The maximum atomic E-state index is 13.6. The van der Waals surface area contributed by atoms with Gasteiger partial charge in [0.05, 0.1) is 5.41 Å². The zero-order valence-corrected chi connectivity index (χ0v) is 15.9. The minimum atomic E-state index is -0.587. The van der Waals surface area contributed by atoms with Gasteiger partial charge >= 0.3 is 0 Å². The van der Waals surface area contributed by atoms with E-state index < -0.39 is 5.41 Å². The first-order chi connectivity index (χ1) is 11.4. The standard InChI is InChI=1S/C19H25Cl2NO2/c1-13-9-14(2)12-22(11-13)18(23)19(5-7-24-8-6-19)16-4-3-15(20)10-17(16)21/h3-4,10,13-14H,5-9,11-12H2,1-2H3. The van der Waals surface area contributed by atoms with Gasteiger partial charge in [0.1, 0.15) is 0 Å². The molecule has 2 aliphatic heterocycles. The molecule has 1 aromatic carbocycles. The Hall–Kier alpha value is -0.770. The largest absolute Gasteiger partial charge is 0.381 e. The average molecular weight is 370 g/mol. The lowest BCUT2D eigenvalue weighted by atomic mass is 9.72. The van der Waals surface area contributed by atoms with Crippen molar-refractivity contribution in [3.8, 4) is 0 Å². The van der Waals surface area contributed by atoms with Crippen LogP contribution in [-0.2, 0) is 14.9 Å². The van der Waals surface area contributed by atoms with Crippen molar-refractivity contribution >= 4 is 29.1 Å². The van der Waals surface area contributed by atoms with Crippen LogP contribution < -0.4 is 0 Å². The minimum Gasteiger partial charge on any atom is -0.381 e. The molecule has 0 N–H and O–H groups in total. The summed E-state index contributed by atoms with van der Waals surface area (Å²) >= 11 is 12.6. The number of halogens is 2. The zero-order valence-electron chi connectivity index (χ0n) is 14.4. The van der Waals surface area contributed by atoms with Gasteiger partial charge in [-0.2, -0.15) is 0 Å². The summed E-state index contributed by atoms with van der Waals surface area (Å²) in [6, 6.07) is 5.49. The van der Waals surface area contributed by atoms with Crippen LogP contribution in [-0.4, -0.2) is 37.1 Å². The van der Waals surface area contributed by atoms with Gasteiger partial charge < -0.3 is 9.64 Å². The molecule has 5 heteroatoms. The summed E-state index contributed by atoms with van der Waals surface area (Å²) in [5, 5.41) is 1.18. The predicted octanol–water partition coefficient (Wildman–Crippen LogP) is 4.55. The third kappa shape index (κ3) is 3.44. The van der Waals surface area contributed by atoms with Crippen molar-refractivity contribution in [2.75, 3.05) is 26.3 Å². The lowest BCUT2D eigenvalue weighted by Crippen LogP contribution is -2.53. The SMILES string of the molecule is CC1CC(C)CN(C(=O)C2(c3ccc(Cl)cc3Cl)CCOCC2)C1. The molecule has 24 heavy (non-hydrogen) atoms. The second-order valence-corrected chi connectivity index (χ2v) is 8.32. The number of likely N-dealkylation sites (tertiary alicyclic amines) is 1. The van der Waals surface area contributed by atoms with E-state index in [0.717, 1.165) is 18.7 Å². The molecule has 0 aliphatic carbocycles. The Morgan fingerprint density at radius 1 is 1.17 bits per heavy atom. The van der Waals surface area contributed by atoms with Gasteiger partial charge in [0.15, 0.2) is 0 Å². The molecule has 2 aliphatic rings. The van der Waals surface area contributed by atoms with Crippen LogP contribution in [0.5, 0.6) is 0 Å². The fourth-order valence-electron chi connectivity index (χ4n) is 4.33. The number of amides is 1.